The Morgan fingerprint density at radius 3 is 2.59 bits per heavy atom. The lowest BCUT2D eigenvalue weighted by Gasteiger charge is -2.10. The zero-order valence-corrected chi connectivity index (χ0v) is 11.0. The van der Waals surface area contributed by atoms with Gasteiger partial charge in [-0.25, -0.2) is 13.1 Å². The van der Waals surface area contributed by atoms with Crippen LogP contribution in [0.15, 0.2) is 18.2 Å². The van der Waals surface area contributed by atoms with Gasteiger partial charge in [-0.1, -0.05) is 0 Å². The van der Waals surface area contributed by atoms with Gasteiger partial charge in [-0.15, -0.1) is 0 Å². The van der Waals surface area contributed by atoms with Crippen molar-refractivity contribution in [1.82, 2.24) is 4.72 Å². The molecule has 6 heteroatoms. The van der Waals surface area contributed by atoms with Crippen LogP contribution in [0.2, 0.25) is 0 Å². The Kier molecular flexibility index (Phi) is 4.77. The van der Waals surface area contributed by atoms with Crippen LogP contribution in [-0.2, 0) is 10.0 Å². The summed E-state index contributed by atoms with van der Waals surface area (Å²) in [5.41, 5.74) is 8.50. The summed E-state index contributed by atoms with van der Waals surface area (Å²) in [6, 6.07) is 5.66. The highest BCUT2D eigenvalue weighted by atomic mass is 32.2. The molecule has 4 N–H and O–H groups in total. The molecule has 0 spiro atoms. The van der Waals surface area contributed by atoms with Gasteiger partial charge in [0.15, 0.2) is 0 Å². The summed E-state index contributed by atoms with van der Waals surface area (Å²) in [6.07, 6.45) is 1.89. The zero-order valence-electron chi connectivity index (χ0n) is 10.2. The van der Waals surface area contributed by atoms with Crippen LogP contribution in [0.25, 0.3) is 0 Å². The summed E-state index contributed by atoms with van der Waals surface area (Å²) in [7, 11) is -3.08. The number of hydrogen-bond donors (Lipinski definition) is 3. The Morgan fingerprint density at radius 1 is 1.29 bits per heavy atom. The van der Waals surface area contributed by atoms with Gasteiger partial charge in [0.1, 0.15) is 0 Å². The van der Waals surface area contributed by atoms with E-state index < -0.39 is 10.0 Å². The van der Waals surface area contributed by atoms with Gasteiger partial charge in [0.2, 0.25) is 10.0 Å². The fourth-order valence-corrected chi connectivity index (χ4v) is 1.97. The molecule has 1 aromatic carbocycles. The van der Waals surface area contributed by atoms with Gasteiger partial charge >= 0.3 is 0 Å². The summed E-state index contributed by atoms with van der Waals surface area (Å²) < 4.78 is 24.1. The first-order chi connectivity index (χ1) is 7.88. The number of rotatable bonds is 6. The molecule has 0 aliphatic carbocycles. The molecule has 0 aliphatic heterocycles. The molecule has 1 rings (SSSR count). The van der Waals surface area contributed by atoms with E-state index in [1.165, 1.54) is 0 Å². The summed E-state index contributed by atoms with van der Waals surface area (Å²) in [5, 5.41) is 3.24. The molecule has 0 heterocycles. The van der Waals surface area contributed by atoms with Crippen LogP contribution in [0.1, 0.15) is 12.0 Å². The van der Waals surface area contributed by atoms with E-state index in [9.17, 15) is 8.42 Å². The summed E-state index contributed by atoms with van der Waals surface area (Å²) in [5.74, 6) is 0. The van der Waals surface area contributed by atoms with E-state index in [0.717, 1.165) is 29.6 Å². The average Bonchev–Trinajstić information content (AvgIpc) is 2.18. The average molecular weight is 257 g/mol. The van der Waals surface area contributed by atoms with Crippen LogP contribution in [0, 0.1) is 6.92 Å². The highest BCUT2D eigenvalue weighted by Gasteiger charge is 2.00. The topological polar surface area (TPSA) is 84.2 Å². The summed E-state index contributed by atoms with van der Waals surface area (Å²) in [6.45, 7) is 3.14. The molecular weight excluding hydrogens is 238 g/mol. The van der Waals surface area contributed by atoms with Crippen molar-refractivity contribution in [1.29, 1.82) is 0 Å². The van der Waals surface area contributed by atoms with Gasteiger partial charge in [0, 0.05) is 24.5 Å². The van der Waals surface area contributed by atoms with Crippen LogP contribution in [-0.4, -0.2) is 27.8 Å². The number of anilines is 2. The van der Waals surface area contributed by atoms with Gasteiger partial charge in [0.05, 0.1) is 6.26 Å². The normalized spacial score (nSPS) is 11.4. The number of nitrogens with two attached hydrogens (primary N) is 1. The monoisotopic (exact) mass is 257 g/mol. The van der Waals surface area contributed by atoms with Gasteiger partial charge in [-0.3, -0.25) is 0 Å². The maximum absolute atomic E-state index is 10.8. The van der Waals surface area contributed by atoms with Gasteiger partial charge < -0.3 is 11.1 Å². The van der Waals surface area contributed by atoms with Crippen LogP contribution >= 0.6 is 0 Å². The first kappa shape index (κ1) is 13.8. The van der Waals surface area contributed by atoms with Gasteiger partial charge in [0.25, 0.3) is 0 Å². The minimum atomic E-state index is -3.08. The van der Waals surface area contributed by atoms with Crippen molar-refractivity contribution in [2.45, 2.75) is 13.3 Å². The zero-order chi connectivity index (χ0) is 12.9. The molecule has 0 bridgehead atoms. The Balaban J connectivity index is 2.32. The third-order valence-corrected chi connectivity index (χ3v) is 3.01. The number of aryl methyl sites for hydroxylation is 1. The Bertz CT molecular complexity index is 472. The standard InChI is InChI=1S/C11H19N3O2S/c1-9-8-10(12)4-5-11(9)13-6-3-7-14-17(2,15)16/h4-5,8,13-14H,3,6-7,12H2,1-2H3. The molecule has 0 aliphatic rings. The predicted octanol–water partition coefficient (Wildman–Crippen LogP) is 0.928. The maximum Gasteiger partial charge on any atom is 0.208 e. The molecule has 0 fully saturated rings. The number of benzene rings is 1. The smallest absolute Gasteiger partial charge is 0.208 e. The molecular formula is C11H19N3O2S. The van der Waals surface area contributed by atoms with Crippen LogP contribution in [0.5, 0.6) is 0 Å². The van der Waals surface area contributed by atoms with Crippen molar-refractivity contribution in [3.05, 3.63) is 23.8 Å². The van der Waals surface area contributed by atoms with Crippen molar-refractivity contribution in [2.24, 2.45) is 0 Å². The molecule has 0 atom stereocenters. The van der Waals surface area contributed by atoms with Crippen molar-refractivity contribution in [3.63, 3.8) is 0 Å². The first-order valence-corrected chi connectivity index (χ1v) is 7.32. The van der Waals surface area contributed by atoms with E-state index >= 15 is 0 Å². The van der Waals surface area contributed by atoms with Gasteiger partial charge in [-0.2, -0.15) is 0 Å². The van der Waals surface area contributed by atoms with E-state index in [1.54, 1.807) is 0 Å². The molecule has 5 nitrogen and oxygen atoms in total. The largest absolute Gasteiger partial charge is 0.399 e. The first-order valence-electron chi connectivity index (χ1n) is 5.43. The van der Waals surface area contributed by atoms with Crippen LogP contribution in [0.4, 0.5) is 11.4 Å². The summed E-state index contributed by atoms with van der Waals surface area (Å²) in [4.78, 5) is 0. The Labute approximate surface area is 102 Å². The molecule has 0 aromatic heterocycles. The second kappa shape index (κ2) is 5.88. The van der Waals surface area contributed by atoms with Crippen LogP contribution < -0.4 is 15.8 Å². The number of hydrogen-bond acceptors (Lipinski definition) is 4. The molecule has 96 valence electrons. The number of nitrogens with one attached hydrogen (secondary N) is 2. The van der Waals surface area contributed by atoms with Crippen molar-refractivity contribution in [3.8, 4) is 0 Å². The molecule has 0 unspecified atom stereocenters. The third kappa shape index (κ3) is 5.55. The lowest BCUT2D eigenvalue weighted by atomic mass is 10.2. The minimum absolute atomic E-state index is 0.444. The summed E-state index contributed by atoms with van der Waals surface area (Å²) >= 11 is 0. The highest BCUT2D eigenvalue weighted by molar-refractivity contribution is 7.88. The van der Waals surface area contributed by atoms with Gasteiger partial charge in [-0.05, 0) is 37.1 Å². The Morgan fingerprint density at radius 2 is 2.00 bits per heavy atom. The SMILES string of the molecule is Cc1cc(N)ccc1NCCCNS(C)(=O)=O. The minimum Gasteiger partial charge on any atom is -0.399 e. The molecule has 1 aromatic rings. The second-order valence-corrected chi connectivity index (χ2v) is 5.85. The lowest BCUT2D eigenvalue weighted by Crippen LogP contribution is -2.24. The lowest BCUT2D eigenvalue weighted by molar-refractivity contribution is 0.586. The van der Waals surface area contributed by atoms with E-state index in [-0.39, 0.29) is 0 Å². The molecule has 0 saturated carbocycles. The fourth-order valence-electron chi connectivity index (χ4n) is 1.45. The highest BCUT2D eigenvalue weighted by Crippen LogP contribution is 2.17. The van der Waals surface area contributed by atoms with Crippen molar-refractivity contribution in [2.75, 3.05) is 30.4 Å². The maximum atomic E-state index is 10.8. The van der Waals surface area contributed by atoms with E-state index in [0.29, 0.717) is 13.1 Å². The molecule has 0 radical (unpaired) electrons. The van der Waals surface area contributed by atoms with Crippen molar-refractivity contribution >= 4 is 21.4 Å². The van der Waals surface area contributed by atoms with E-state index in [2.05, 4.69) is 10.0 Å². The van der Waals surface area contributed by atoms with E-state index in [4.69, 9.17) is 5.73 Å². The van der Waals surface area contributed by atoms with E-state index in [1.807, 2.05) is 25.1 Å². The van der Waals surface area contributed by atoms with Crippen LogP contribution in [0.3, 0.4) is 0 Å². The molecule has 0 saturated heterocycles. The predicted molar refractivity (Wildman–Crippen MR) is 71.5 cm³/mol. The number of nitrogen functional groups attached to an aromatic ring is 1. The number of sulfonamides is 1. The fraction of sp³-hybridized carbons (Fsp3) is 0.455. The molecule has 0 amide bonds. The quantitative estimate of drug-likeness (QED) is 0.523. The molecule has 17 heavy (non-hydrogen) atoms. The second-order valence-electron chi connectivity index (χ2n) is 4.02. The Hall–Kier alpha value is -1.27. The van der Waals surface area contributed by atoms with Crippen molar-refractivity contribution < 1.29 is 8.42 Å². The third-order valence-electron chi connectivity index (χ3n) is 2.28.